The van der Waals surface area contributed by atoms with Gasteiger partial charge in [0.2, 0.25) is 0 Å². The number of nitrogens with zero attached hydrogens (tertiary/aromatic N) is 2. The molecule has 0 aliphatic rings. The van der Waals surface area contributed by atoms with Crippen LogP contribution in [0.25, 0.3) is 6.08 Å². The van der Waals surface area contributed by atoms with Crippen molar-refractivity contribution >= 4 is 18.0 Å². The number of carbonyl (C=O) groups is 2. The van der Waals surface area contributed by atoms with E-state index in [-0.39, 0.29) is 11.5 Å². The molecule has 1 atom stereocenters. The van der Waals surface area contributed by atoms with Crippen LogP contribution < -0.4 is 5.32 Å². The van der Waals surface area contributed by atoms with Crippen LogP contribution in [0.15, 0.2) is 29.8 Å². The summed E-state index contributed by atoms with van der Waals surface area (Å²) in [4.78, 5) is 24.0. The predicted molar refractivity (Wildman–Crippen MR) is 102 cm³/mol. The maximum atomic E-state index is 12.1. The molecular weight excluding hydrogens is 342 g/mol. The third-order valence-corrected chi connectivity index (χ3v) is 4.37. The average molecular weight is 367 g/mol. The molecule has 0 fully saturated rings. The summed E-state index contributed by atoms with van der Waals surface area (Å²) in [6.07, 6.45) is 1.41. The van der Waals surface area contributed by atoms with Crippen molar-refractivity contribution in [3.05, 3.63) is 41.0 Å². The van der Waals surface area contributed by atoms with Gasteiger partial charge in [0.25, 0.3) is 5.91 Å². The van der Waals surface area contributed by atoms with Gasteiger partial charge in [0, 0.05) is 0 Å². The van der Waals surface area contributed by atoms with E-state index in [4.69, 9.17) is 4.74 Å². The molecule has 1 aromatic rings. The fourth-order valence-electron chi connectivity index (χ4n) is 2.12. The summed E-state index contributed by atoms with van der Waals surface area (Å²) < 4.78 is 4.91. The van der Waals surface area contributed by atoms with Gasteiger partial charge < -0.3 is 10.1 Å². The summed E-state index contributed by atoms with van der Waals surface area (Å²) in [5.41, 5.74) is 0.576. The molecule has 0 saturated carbocycles. The van der Waals surface area contributed by atoms with Crippen molar-refractivity contribution in [1.29, 1.82) is 10.5 Å². The Hall–Kier alpha value is -3.12. The highest BCUT2D eigenvalue weighted by Gasteiger charge is 2.30. The first-order chi connectivity index (χ1) is 12.6. The van der Waals surface area contributed by atoms with Crippen LogP contribution in [0.5, 0.6) is 0 Å². The van der Waals surface area contributed by atoms with E-state index in [2.05, 4.69) is 19.2 Å². The molecule has 0 saturated heterocycles. The number of hydrogen-bond donors (Lipinski definition) is 1. The number of nitrogens with one attached hydrogen (secondary N) is 1. The molecule has 0 aromatic heterocycles. The number of nitriles is 2. The SMILES string of the molecule is CC(C)c1ccc(/C=C(\C#N)C(=O)OCC(=O)N[C@@](C)(C#N)C(C)C)cc1. The summed E-state index contributed by atoms with van der Waals surface area (Å²) in [7, 11) is 0. The van der Waals surface area contributed by atoms with Gasteiger partial charge in [0.1, 0.15) is 17.2 Å². The van der Waals surface area contributed by atoms with Gasteiger partial charge in [0.05, 0.1) is 6.07 Å². The van der Waals surface area contributed by atoms with Crippen molar-refractivity contribution in [2.75, 3.05) is 6.61 Å². The van der Waals surface area contributed by atoms with Crippen LogP contribution in [0.1, 0.15) is 51.7 Å². The topological polar surface area (TPSA) is 103 Å². The Morgan fingerprint density at radius 3 is 2.22 bits per heavy atom. The smallest absolute Gasteiger partial charge is 0.349 e. The van der Waals surface area contributed by atoms with E-state index >= 15 is 0 Å². The second kappa shape index (κ2) is 9.54. The van der Waals surface area contributed by atoms with Crippen LogP contribution in [0, 0.1) is 28.6 Å². The Morgan fingerprint density at radius 2 is 1.78 bits per heavy atom. The molecule has 1 amide bonds. The summed E-state index contributed by atoms with van der Waals surface area (Å²) in [5.74, 6) is -1.22. The average Bonchev–Trinajstić information content (AvgIpc) is 2.64. The van der Waals surface area contributed by atoms with Gasteiger partial charge in [-0.2, -0.15) is 10.5 Å². The number of rotatable bonds is 7. The zero-order valence-corrected chi connectivity index (χ0v) is 16.4. The van der Waals surface area contributed by atoms with E-state index in [9.17, 15) is 20.1 Å². The Bertz CT molecular complexity index is 795. The van der Waals surface area contributed by atoms with E-state index < -0.39 is 24.0 Å². The lowest BCUT2D eigenvalue weighted by atomic mass is 9.90. The molecule has 142 valence electrons. The minimum absolute atomic E-state index is 0.120. The van der Waals surface area contributed by atoms with Crippen molar-refractivity contribution in [1.82, 2.24) is 5.32 Å². The van der Waals surface area contributed by atoms with Crippen molar-refractivity contribution < 1.29 is 14.3 Å². The molecular formula is C21H25N3O3. The number of ether oxygens (including phenoxy) is 1. The fourth-order valence-corrected chi connectivity index (χ4v) is 2.12. The summed E-state index contributed by atoms with van der Waals surface area (Å²) in [6, 6.07) is 11.3. The van der Waals surface area contributed by atoms with Gasteiger partial charge in [0.15, 0.2) is 6.61 Å². The first kappa shape index (κ1) is 21.9. The second-order valence-electron chi connectivity index (χ2n) is 7.08. The lowest BCUT2D eigenvalue weighted by Crippen LogP contribution is -2.50. The third-order valence-electron chi connectivity index (χ3n) is 4.37. The van der Waals surface area contributed by atoms with Crippen LogP contribution in [0.3, 0.4) is 0 Å². The molecule has 0 bridgehead atoms. The van der Waals surface area contributed by atoms with E-state index in [1.165, 1.54) is 6.08 Å². The molecule has 27 heavy (non-hydrogen) atoms. The molecule has 6 nitrogen and oxygen atoms in total. The molecule has 0 radical (unpaired) electrons. The van der Waals surface area contributed by atoms with Crippen LogP contribution in [-0.2, 0) is 14.3 Å². The molecule has 1 N–H and O–H groups in total. The quantitative estimate of drug-likeness (QED) is 0.452. The maximum Gasteiger partial charge on any atom is 0.349 e. The van der Waals surface area contributed by atoms with Crippen molar-refractivity contribution in [2.45, 2.75) is 46.1 Å². The van der Waals surface area contributed by atoms with Crippen LogP contribution in [0.4, 0.5) is 0 Å². The standard InChI is InChI=1S/C21H25N3O3/c1-14(2)17-8-6-16(7-9-17)10-18(11-22)20(26)27-12-19(25)24-21(5,13-23)15(3)4/h6-10,14-15H,12H2,1-5H3,(H,24,25)/b18-10+/t21-/m0/s1. The number of carbonyl (C=O) groups excluding carboxylic acids is 2. The minimum Gasteiger partial charge on any atom is -0.451 e. The lowest BCUT2D eigenvalue weighted by molar-refractivity contribution is -0.144. The maximum absolute atomic E-state index is 12.1. The number of hydrogen-bond acceptors (Lipinski definition) is 5. The Kier molecular flexibility index (Phi) is 7.75. The Labute approximate surface area is 160 Å². The first-order valence-electron chi connectivity index (χ1n) is 8.74. The largest absolute Gasteiger partial charge is 0.451 e. The second-order valence-corrected chi connectivity index (χ2v) is 7.08. The predicted octanol–water partition coefficient (Wildman–Crippen LogP) is 3.31. The molecule has 1 aromatic carbocycles. The van der Waals surface area contributed by atoms with Crippen molar-refractivity contribution in [2.24, 2.45) is 5.92 Å². The van der Waals surface area contributed by atoms with E-state index in [0.29, 0.717) is 11.5 Å². The number of amides is 1. The van der Waals surface area contributed by atoms with E-state index in [0.717, 1.165) is 5.56 Å². The van der Waals surface area contributed by atoms with E-state index in [1.807, 2.05) is 30.3 Å². The van der Waals surface area contributed by atoms with Crippen molar-refractivity contribution in [3.63, 3.8) is 0 Å². The van der Waals surface area contributed by atoms with Gasteiger partial charge in [-0.1, -0.05) is 52.0 Å². The van der Waals surface area contributed by atoms with Crippen LogP contribution in [-0.4, -0.2) is 24.0 Å². The van der Waals surface area contributed by atoms with Gasteiger partial charge in [-0.05, 0) is 36.0 Å². The first-order valence-corrected chi connectivity index (χ1v) is 8.74. The zero-order chi connectivity index (χ0) is 20.6. The minimum atomic E-state index is -1.06. The summed E-state index contributed by atoms with van der Waals surface area (Å²) in [6.45, 7) is 8.79. The molecule has 0 heterocycles. The highest BCUT2D eigenvalue weighted by molar-refractivity contribution is 5.98. The molecule has 0 aliphatic heterocycles. The van der Waals surface area contributed by atoms with Gasteiger partial charge in [-0.25, -0.2) is 4.79 Å². The van der Waals surface area contributed by atoms with Gasteiger partial charge in [-0.3, -0.25) is 4.79 Å². The highest BCUT2D eigenvalue weighted by Crippen LogP contribution is 2.17. The van der Waals surface area contributed by atoms with Gasteiger partial charge >= 0.3 is 5.97 Å². The number of esters is 1. The molecule has 0 spiro atoms. The van der Waals surface area contributed by atoms with Gasteiger partial charge in [-0.15, -0.1) is 0 Å². The van der Waals surface area contributed by atoms with Crippen LogP contribution >= 0.6 is 0 Å². The molecule has 6 heteroatoms. The fraction of sp³-hybridized carbons (Fsp3) is 0.429. The summed E-state index contributed by atoms with van der Waals surface area (Å²) >= 11 is 0. The van der Waals surface area contributed by atoms with E-state index in [1.54, 1.807) is 26.8 Å². The monoisotopic (exact) mass is 367 g/mol. The Morgan fingerprint density at radius 1 is 1.19 bits per heavy atom. The normalized spacial score (nSPS) is 13.4. The number of benzene rings is 1. The van der Waals surface area contributed by atoms with Crippen molar-refractivity contribution in [3.8, 4) is 12.1 Å². The molecule has 1 rings (SSSR count). The lowest BCUT2D eigenvalue weighted by Gasteiger charge is -2.27. The molecule has 0 aliphatic carbocycles. The Balaban J connectivity index is 2.75. The zero-order valence-electron chi connectivity index (χ0n) is 16.4. The summed E-state index contributed by atoms with van der Waals surface area (Å²) in [5, 5.41) is 20.9. The van der Waals surface area contributed by atoms with Crippen LogP contribution in [0.2, 0.25) is 0 Å². The third kappa shape index (κ3) is 6.27. The highest BCUT2D eigenvalue weighted by atomic mass is 16.5. The molecule has 0 unspecified atom stereocenters.